The minimum atomic E-state index is -1.10. The number of aliphatic hydroxyl groups excluding tert-OH is 1. The van der Waals surface area contributed by atoms with Crippen LogP contribution in [0, 0.1) is 0 Å². The molecule has 0 aromatic heterocycles. The van der Waals surface area contributed by atoms with E-state index in [9.17, 15) is 14.4 Å². The number of likely N-dealkylation sites (tertiary alicyclic amines) is 1. The highest BCUT2D eigenvalue weighted by Gasteiger charge is 2.37. The molecule has 9 heteroatoms. The molecule has 1 rings (SSSR count). The number of thioether (sulfide) groups is 1. The first-order valence-electron chi connectivity index (χ1n) is 7.11. The molecule has 22 heavy (non-hydrogen) atoms. The fourth-order valence-corrected chi connectivity index (χ4v) is 2.81. The highest BCUT2D eigenvalue weighted by Crippen LogP contribution is 2.19. The van der Waals surface area contributed by atoms with E-state index in [0.717, 1.165) is 0 Å². The molecule has 1 heterocycles. The second-order valence-corrected chi connectivity index (χ2v) is 6.15. The Hall–Kier alpha value is -1.32. The summed E-state index contributed by atoms with van der Waals surface area (Å²) < 4.78 is 0. The average molecular weight is 333 g/mol. The Kier molecular flexibility index (Phi) is 7.63. The van der Waals surface area contributed by atoms with Crippen LogP contribution in [-0.4, -0.2) is 76.2 Å². The van der Waals surface area contributed by atoms with E-state index in [0.29, 0.717) is 31.6 Å². The lowest BCUT2D eigenvalue weighted by Crippen LogP contribution is -2.55. The van der Waals surface area contributed by atoms with Gasteiger partial charge >= 0.3 is 5.97 Å². The normalized spacial score (nSPS) is 20.5. The highest BCUT2D eigenvalue weighted by atomic mass is 32.2. The van der Waals surface area contributed by atoms with Crippen molar-refractivity contribution in [2.45, 2.75) is 37.4 Å². The second kappa shape index (κ2) is 8.96. The van der Waals surface area contributed by atoms with E-state index in [1.807, 2.05) is 6.26 Å². The number of hydrogen-bond donors (Lipinski definition) is 4. The van der Waals surface area contributed by atoms with Crippen LogP contribution in [0.3, 0.4) is 0 Å². The zero-order valence-electron chi connectivity index (χ0n) is 12.5. The van der Waals surface area contributed by atoms with Gasteiger partial charge in [-0.05, 0) is 31.3 Å². The number of carboxylic acids is 1. The fraction of sp³-hybridized carbons (Fsp3) is 0.769. The summed E-state index contributed by atoms with van der Waals surface area (Å²) in [6.07, 6.45) is 3.30. The van der Waals surface area contributed by atoms with Gasteiger partial charge in [0.15, 0.2) is 0 Å². The van der Waals surface area contributed by atoms with Crippen molar-refractivity contribution in [3.63, 3.8) is 0 Å². The third-order valence-electron chi connectivity index (χ3n) is 3.58. The molecule has 0 aromatic carbocycles. The fourth-order valence-electron chi connectivity index (χ4n) is 2.34. The van der Waals surface area contributed by atoms with Crippen LogP contribution < -0.4 is 11.1 Å². The Morgan fingerprint density at radius 1 is 1.45 bits per heavy atom. The number of aliphatic carboxylic acids is 1. The van der Waals surface area contributed by atoms with E-state index in [-0.39, 0.29) is 0 Å². The Balaban J connectivity index is 2.79. The maximum absolute atomic E-state index is 12.5. The van der Waals surface area contributed by atoms with Gasteiger partial charge in [0.1, 0.15) is 18.1 Å². The molecule has 5 N–H and O–H groups in total. The first-order valence-corrected chi connectivity index (χ1v) is 8.50. The van der Waals surface area contributed by atoms with Crippen molar-refractivity contribution in [1.82, 2.24) is 10.2 Å². The van der Waals surface area contributed by atoms with E-state index >= 15 is 0 Å². The Morgan fingerprint density at radius 3 is 2.68 bits per heavy atom. The Bertz CT molecular complexity index is 420. The van der Waals surface area contributed by atoms with Crippen LogP contribution in [0.1, 0.15) is 19.3 Å². The van der Waals surface area contributed by atoms with Crippen LogP contribution in [0.15, 0.2) is 0 Å². The number of carbonyl (C=O) groups excluding carboxylic acids is 2. The third-order valence-corrected chi connectivity index (χ3v) is 4.22. The minimum Gasteiger partial charge on any atom is -0.480 e. The van der Waals surface area contributed by atoms with Gasteiger partial charge in [0.2, 0.25) is 11.8 Å². The van der Waals surface area contributed by atoms with Gasteiger partial charge in [-0.2, -0.15) is 11.8 Å². The summed E-state index contributed by atoms with van der Waals surface area (Å²) in [4.78, 5) is 36.8. The van der Waals surface area contributed by atoms with Crippen molar-refractivity contribution in [1.29, 1.82) is 0 Å². The van der Waals surface area contributed by atoms with Crippen molar-refractivity contribution in [2.75, 3.05) is 25.2 Å². The van der Waals surface area contributed by atoms with Crippen molar-refractivity contribution in [2.24, 2.45) is 5.73 Å². The minimum absolute atomic E-state index is 0.369. The molecule has 0 unspecified atom stereocenters. The summed E-state index contributed by atoms with van der Waals surface area (Å²) in [5.41, 5.74) is 5.44. The van der Waals surface area contributed by atoms with E-state index in [1.54, 1.807) is 0 Å². The third kappa shape index (κ3) is 4.85. The summed E-state index contributed by atoms with van der Waals surface area (Å²) in [6, 6.07) is -2.76. The summed E-state index contributed by atoms with van der Waals surface area (Å²) in [5.74, 6) is -1.42. The quantitative estimate of drug-likeness (QED) is 0.430. The van der Waals surface area contributed by atoms with E-state index in [2.05, 4.69) is 5.32 Å². The second-order valence-electron chi connectivity index (χ2n) is 5.16. The molecule has 1 saturated heterocycles. The molecule has 0 saturated carbocycles. The SMILES string of the molecule is CSCC[C@H](NC(=O)[C@@H](N)CO)C(=O)N1CCC[C@H]1C(=O)O. The summed E-state index contributed by atoms with van der Waals surface area (Å²) in [6.45, 7) is -0.149. The first kappa shape index (κ1) is 18.7. The van der Waals surface area contributed by atoms with Crippen molar-refractivity contribution >= 4 is 29.5 Å². The maximum atomic E-state index is 12.5. The predicted octanol–water partition coefficient (Wildman–Crippen LogP) is -1.38. The molecule has 0 spiro atoms. The number of hydrogen-bond acceptors (Lipinski definition) is 6. The van der Waals surface area contributed by atoms with Crippen molar-refractivity contribution in [3.8, 4) is 0 Å². The number of amides is 2. The molecule has 1 fully saturated rings. The number of carboxylic acid groups (broad SMARTS) is 1. The number of rotatable bonds is 8. The molecule has 1 aliphatic rings. The van der Waals surface area contributed by atoms with Gasteiger partial charge in [-0.3, -0.25) is 9.59 Å². The molecule has 0 aliphatic carbocycles. The van der Waals surface area contributed by atoms with Crippen LogP contribution in [0.2, 0.25) is 0 Å². The summed E-state index contributed by atoms with van der Waals surface area (Å²) in [7, 11) is 0. The van der Waals surface area contributed by atoms with E-state index < -0.39 is 42.5 Å². The number of nitrogens with zero attached hydrogens (tertiary/aromatic N) is 1. The first-order chi connectivity index (χ1) is 10.4. The molecule has 0 radical (unpaired) electrons. The molecule has 1 aliphatic heterocycles. The molecular formula is C13H23N3O5S. The molecule has 126 valence electrons. The molecule has 8 nitrogen and oxygen atoms in total. The van der Waals surface area contributed by atoms with Crippen LogP contribution in [0.25, 0.3) is 0 Å². The average Bonchev–Trinajstić information content (AvgIpc) is 2.99. The summed E-state index contributed by atoms with van der Waals surface area (Å²) in [5, 5.41) is 20.6. The van der Waals surface area contributed by atoms with E-state index in [4.69, 9.17) is 15.9 Å². The molecule has 3 atom stereocenters. The smallest absolute Gasteiger partial charge is 0.326 e. The monoisotopic (exact) mass is 333 g/mol. The molecule has 2 amide bonds. The van der Waals surface area contributed by atoms with Gasteiger partial charge in [-0.15, -0.1) is 0 Å². The lowest BCUT2D eigenvalue weighted by atomic mass is 10.1. The predicted molar refractivity (Wildman–Crippen MR) is 82.4 cm³/mol. The molecule has 0 bridgehead atoms. The van der Waals surface area contributed by atoms with Gasteiger partial charge in [0.05, 0.1) is 6.61 Å². The van der Waals surface area contributed by atoms with Gasteiger partial charge in [-0.25, -0.2) is 4.79 Å². The largest absolute Gasteiger partial charge is 0.480 e. The number of aliphatic hydroxyl groups is 1. The lowest BCUT2D eigenvalue weighted by Gasteiger charge is -2.27. The van der Waals surface area contributed by atoms with Gasteiger partial charge in [0.25, 0.3) is 0 Å². The van der Waals surface area contributed by atoms with Crippen LogP contribution in [0.5, 0.6) is 0 Å². The highest BCUT2D eigenvalue weighted by molar-refractivity contribution is 7.98. The lowest BCUT2D eigenvalue weighted by molar-refractivity contribution is -0.149. The maximum Gasteiger partial charge on any atom is 0.326 e. The van der Waals surface area contributed by atoms with Gasteiger partial charge in [-0.1, -0.05) is 0 Å². The van der Waals surface area contributed by atoms with Gasteiger partial charge in [0, 0.05) is 6.54 Å². The van der Waals surface area contributed by atoms with Gasteiger partial charge < -0.3 is 26.2 Å². The Morgan fingerprint density at radius 2 is 2.14 bits per heavy atom. The number of carbonyl (C=O) groups is 3. The molecular weight excluding hydrogens is 310 g/mol. The van der Waals surface area contributed by atoms with Crippen molar-refractivity contribution in [3.05, 3.63) is 0 Å². The van der Waals surface area contributed by atoms with E-state index in [1.165, 1.54) is 16.7 Å². The van der Waals surface area contributed by atoms with Crippen LogP contribution in [-0.2, 0) is 14.4 Å². The van der Waals surface area contributed by atoms with Crippen LogP contribution in [0.4, 0.5) is 0 Å². The zero-order valence-corrected chi connectivity index (χ0v) is 13.3. The summed E-state index contributed by atoms with van der Waals surface area (Å²) >= 11 is 1.52. The number of nitrogens with two attached hydrogens (primary N) is 1. The Labute approximate surface area is 133 Å². The van der Waals surface area contributed by atoms with Crippen molar-refractivity contribution < 1.29 is 24.6 Å². The number of nitrogens with one attached hydrogen (secondary N) is 1. The molecule has 0 aromatic rings. The standard InChI is InChI=1S/C13H23N3O5S/c1-22-6-4-9(15-11(18)8(14)7-17)12(19)16-5-2-3-10(16)13(20)21/h8-10,17H,2-7,14H2,1H3,(H,15,18)(H,20,21)/t8-,9-,10-/m0/s1. The van der Waals surface area contributed by atoms with Crippen LogP contribution >= 0.6 is 11.8 Å². The zero-order chi connectivity index (χ0) is 16.7. The topological polar surface area (TPSA) is 133 Å².